The number of rotatable bonds is 6. The van der Waals surface area contributed by atoms with E-state index in [4.69, 9.17) is 22.5 Å². The molecule has 16 aromatic rings. The van der Waals surface area contributed by atoms with Gasteiger partial charge in [0.1, 0.15) is 22.3 Å². The summed E-state index contributed by atoms with van der Waals surface area (Å²) in [5.74, 6) is 0. The molecule has 2 nitrogen and oxygen atoms in total. The maximum absolute atomic E-state index is 8.86. The number of furan rings is 2. The zero-order valence-electron chi connectivity index (χ0n) is 51.8. The molecule has 0 radical (unpaired) electrons. The highest BCUT2D eigenvalue weighted by molar-refractivity contribution is 6.28. The third-order valence-corrected chi connectivity index (χ3v) is 15.1. The van der Waals surface area contributed by atoms with Crippen LogP contribution in [0.4, 0.5) is 0 Å². The van der Waals surface area contributed by atoms with Crippen molar-refractivity contribution in [2.75, 3.05) is 0 Å². The Labute approximate surface area is 465 Å². The van der Waals surface area contributed by atoms with Gasteiger partial charge in [-0.15, -0.1) is 0 Å². The van der Waals surface area contributed by atoms with Crippen LogP contribution < -0.4 is 0 Å². The molecular weight excluding hydrogens is 945 g/mol. The molecule has 2 aromatic heterocycles. The summed E-state index contributed by atoms with van der Waals surface area (Å²) in [6.45, 7) is 0. The van der Waals surface area contributed by atoms with Crippen molar-refractivity contribution < 1.29 is 22.5 Å². The summed E-state index contributed by atoms with van der Waals surface area (Å²) >= 11 is 0. The molecule has 0 aliphatic carbocycles. The lowest BCUT2D eigenvalue weighted by Gasteiger charge is -2.19. The van der Waals surface area contributed by atoms with Crippen molar-refractivity contribution >= 4 is 87.0 Å². The normalized spacial score (nSPS) is 13.4. The van der Waals surface area contributed by atoms with E-state index in [1.165, 1.54) is 0 Å². The molecule has 0 aliphatic rings. The Kier molecular flexibility index (Phi) is 8.65. The highest BCUT2D eigenvalue weighted by Crippen LogP contribution is 2.50. The molecule has 16 rings (SSSR count). The van der Waals surface area contributed by atoms with Gasteiger partial charge in [0.2, 0.25) is 0 Å². The molecule has 2 heteroatoms. The SMILES string of the molecule is [2H]c1c([2H])c([2H])c(-c2c3ccccc3c(-c3cc(-c4ccccc4)cc4oc5ccccc5c34)c3ccccc23)c([2H])c1[2H].[2H]c1c([2H])c([2H])c(-c2c3ccccc3c(-c3ccc(-c4ccccc4)c4oc5ccccc5c34)c3ccccc23)c([2H])c1[2H]. The van der Waals surface area contributed by atoms with Crippen molar-refractivity contribution in [1.82, 2.24) is 0 Å². The first kappa shape index (κ1) is 35.8. The van der Waals surface area contributed by atoms with Crippen LogP contribution in [0.2, 0.25) is 0 Å². The molecular formula is C76H48O2. The smallest absolute Gasteiger partial charge is 0.143 e. The number of para-hydroxylation sites is 2. The fourth-order valence-corrected chi connectivity index (χ4v) is 11.9. The van der Waals surface area contributed by atoms with Crippen molar-refractivity contribution in [3.05, 3.63) is 291 Å². The lowest BCUT2D eigenvalue weighted by Crippen LogP contribution is -1.92. The molecule has 0 fully saturated rings. The van der Waals surface area contributed by atoms with Crippen LogP contribution >= 0.6 is 0 Å². The molecule has 2 heterocycles. The Morgan fingerprint density at radius 3 is 1.09 bits per heavy atom. The van der Waals surface area contributed by atoms with Gasteiger partial charge in [-0.3, -0.25) is 0 Å². The zero-order chi connectivity index (χ0) is 60.2. The summed E-state index contributed by atoms with van der Waals surface area (Å²) < 4.78 is 98.4. The number of benzene rings is 14. The van der Waals surface area contributed by atoms with Crippen LogP contribution in [-0.4, -0.2) is 0 Å². The van der Waals surface area contributed by atoms with Crippen LogP contribution in [0.25, 0.3) is 154 Å². The van der Waals surface area contributed by atoms with Gasteiger partial charge >= 0.3 is 0 Å². The largest absolute Gasteiger partial charge is 0.456 e. The van der Waals surface area contributed by atoms with Crippen molar-refractivity contribution in [1.29, 1.82) is 0 Å². The molecule has 0 saturated heterocycles. The average Bonchev–Trinajstić information content (AvgIpc) is 1.51. The van der Waals surface area contributed by atoms with Gasteiger partial charge in [-0.05, 0) is 135 Å². The predicted molar refractivity (Wildman–Crippen MR) is 330 cm³/mol. The molecule has 0 unspecified atom stereocenters. The van der Waals surface area contributed by atoms with Crippen LogP contribution in [0.3, 0.4) is 0 Å². The highest BCUT2D eigenvalue weighted by atomic mass is 16.3. The van der Waals surface area contributed by atoms with E-state index in [1.54, 1.807) is 0 Å². The molecule has 14 aromatic carbocycles. The monoisotopic (exact) mass is 1000 g/mol. The van der Waals surface area contributed by atoms with Crippen molar-refractivity contribution in [3.8, 4) is 66.8 Å². The number of hydrogen-bond donors (Lipinski definition) is 0. The molecule has 0 atom stereocenters. The van der Waals surface area contributed by atoms with E-state index in [2.05, 4.69) is 84.9 Å². The second kappa shape index (κ2) is 18.8. The predicted octanol–water partition coefficient (Wildman–Crippen LogP) is 21.8. The summed E-state index contributed by atoms with van der Waals surface area (Å²) in [7, 11) is 0. The second-order valence-electron chi connectivity index (χ2n) is 19.4. The van der Waals surface area contributed by atoms with Crippen molar-refractivity contribution in [3.63, 3.8) is 0 Å². The summed E-state index contributed by atoms with van der Waals surface area (Å²) in [6.07, 6.45) is 0. The van der Waals surface area contributed by atoms with Crippen LogP contribution in [0.15, 0.2) is 300 Å². The first-order valence-corrected chi connectivity index (χ1v) is 25.9. The number of fused-ring (bicyclic) bond motifs is 10. The standard InChI is InChI=1S/2C38H24O/c1-3-13-25(14-4-1)27-23-33(38-32-21-11-12-22-34(32)39-35(38)24-27)37-30-19-9-7-17-28(30)36(26-15-5-2-6-16-26)29-18-8-10-20-31(29)37;1-3-13-25(14-4-1)27-23-24-33(37-32-21-11-12-22-34(32)39-38(27)37)36-30-19-9-7-17-28(30)35(26-15-5-2-6-16-26)29-18-8-10-20-31(29)36/h2*1-24H/i2*2D,5D,6D,15D,16D. The zero-order valence-corrected chi connectivity index (χ0v) is 41.8. The van der Waals surface area contributed by atoms with E-state index in [1.807, 2.05) is 146 Å². The van der Waals surface area contributed by atoms with E-state index in [9.17, 15) is 0 Å². The molecule has 0 saturated carbocycles. The Morgan fingerprint density at radius 2 is 0.603 bits per heavy atom. The lowest BCUT2D eigenvalue weighted by atomic mass is 9.84. The van der Waals surface area contributed by atoms with E-state index in [-0.39, 0.29) is 59.5 Å². The summed E-state index contributed by atoms with van der Waals surface area (Å²) in [4.78, 5) is 0. The van der Waals surface area contributed by atoms with Crippen LogP contribution in [0, 0.1) is 0 Å². The minimum Gasteiger partial charge on any atom is -0.456 e. The van der Waals surface area contributed by atoms with E-state index >= 15 is 0 Å². The fraction of sp³-hybridized carbons (Fsp3) is 0. The van der Waals surface area contributed by atoms with Gasteiger partial charge < -0.3 is 8.83 Å². The van der Waals surface area contributed by atoms with Gasteiger partial charge in [-0.25, -0.2) is 0 Å². The summed E-state index contributed by atoms with van der Waals surface area (Å²) in [5.41, 5.74) is 13.0. The van der Waals surface area contributed by atoms with Crippen molar-refractivity contribution in [2.24, 2.45) is 0 Å². The second-order valence-corrected chi connectivity index (χ2v) is 19.4. The maximum atomic E-state index is 8.86. The maximum Gasteiger partial charge on any atom is 0.143 e. The van der Waals surface area contributed by atoms with E-state index in [0.717, 1.165) is 131 Å². The molecule has 364 valence electrons. The summed E-state index contributed by atoms with van der Waals surface area (Å²) in [6, 6.07) is 73.9. The van der Waals surface area contributed by atoms with Gasteiger partial charge in [0, 0.05) is 27.1 Å². The topological polar surface area (TPSA) is 26.3 Å². The molecule has 78 heavy (non-hydrogen) atoms. The third kappa shape index (κ3) is 7.41. The Bertz CT molecular complexity index is 5410. The fourth-order valence-electron chi connectivity index (χ4n) is 11.9. The van der Waals surface area contributed by atoms with Crippen LogP contribution in [0.5, 0.6) is 0 Å². The van der Waals surface area contributed by atoms with Gasteiger partial charge in [-0.1, -0.05) is 261 Å². The van der Waals surface area contributed by atoms with E-state index in [0.29, 0.717) is 11.1 Å². The number of hydrogen-bond acceptors (Lipinski definition) is 2. The van der Waals surface area contributed by atoms with Gasteiger partial charge in [0.15, 0.2) is 0 Å². The van der Waals surface area contributed by atoms with E-state index < -0.39 is 12.1 Å². The van der Waals surface area contributed by atoms with Gasteiger partial charge in [-0.2, -0.15) is 0 Å². The Morgan fingerprint density at radius 1 is 0.231 bits per heavy atom. The molecule has 0 N–H and O–H groups in total. The summed E-state index contributed by atoms with van der Waals surface area (Å²) in [5, 5.41) is 11.0. The lowest BCUT2D eigenvalue weighted by molar-refractivity contribution is 0.669. The Balaban J connectivity index is 0.000000148. The molecule has 0 aliphatic heterocycles. The van der Waals surface area contributed by atoms with Gasteiger partial charge in [0.25, 0.3) is 0 Å². The average molecular weight is 1000 g/mol. The molecule has 0 bridgehead atoms. The first-order valence-electron chi connectivity index (χ1n) is 30.9. The Hall–Kier alpha value is -10.3. The van der Waals surface area contributed by atoms with Gasteiger partial charge in [0.05, 0.1) is 13.7 Å². The molecule has 0 spiro atoms. The third-order valence-electron chi connectivity index (χ3n) is 15.1. The van der Waals surface area contributed by atoms with Crippen LogP contribution in [0.1, 0.15) is 13.7 Å². The van der Waals surface area contributed by atoms with Crippen molar-refractivity contribution in [2.45, 2.75) is 0 Å². The minimum atomic E-state index is -0.402. The van der Waals surface area contributed by atoms with Crippen LogP contribution in [-0.2, 0) is 0 Å². The highest BCUT2D eigenvalue weighted by Gasteiger charge is 2.24. The minimum absolute atomic E-state index is 0.201. The first-order chi connectivity index (χ1) is 42.9. The quantitative estimate of drug-likeness (QED) is 0.155. The molecule has 0 amide bonds.